The molecule has 0 spiro atoms. The Morgan fingerprint density at radius 3 is 2.47 bits per heavy atom. The first kappa shape index (κ1) is 15.0. The SMILES string of the molecule is CCN(CC(C)(C)CN)C1CCCC(C)(C)C1. The van der Waals surface area contributed by atoms with E-state index in [1.807, 2.05) is 0 Å². The van der Waals surface area contributed by atoms with Crippen LogP contribution in [0, 0.1) is 10.8 Å². The predicted octanol–water partition coefficient (Wildman–Crippen LogP) is 3.26. The van der Waals surface area contributed by atoms with Gasteiger partial charge in [-0.1, -0.05) is 41.0 Å². The van der Waals surface area contributed by atoms with E-state index in [4.69, 9.17) is 5.73 Å². The third-order valence-corrected chi connectivity index (χ3v) is 4.29. The van der Waals surface area contributed by atoms with Gasteiger partial charge in [-0.05, 0) is 43.2 Å². The molecule has 1 fully saturated rings. The van der Waals surface area contributed by atoms with Gasteiger partial charge < -0.3 is 10.6 Å². The third-order valence-electron chi connectivity index (χ3n) is 4.29. The highest BCUT2D eigenvalue weighted by Gasteiger charge is 2.32. The number of hydrogen-bond donors (Lipinski definition) is 1. The average Bonchev–Trinajstić information content (AvgIpc) is 2.24. The van der Waals surface area contributed by atoms with Crippen LogP contribution >= 0.6 is 0 Å². The predicted molar refractivity (Wildman–Crippen MR) is 76.1 cm³/mol. The normalized spacial score (nSPS) is 25.2. The fourth-order valence-electron chi connectivity index (χ4n) is 3.08. The maximum atomic E-state index is 5.87. The lowest BCUT2D eigenvalue weighted by molar-refractivity contribution is 0.0699. The molecule has 0 aromatic rings. The smallest absolute Gasteiger partial charge is 0.0100 e. The zero-order valence-electron chi connectivity index (χ0n) is 12.6. The quantitative estimate of drug-likeness (QED) is 0.799. The highest BCUT2D eigenvalue weighted by Crippen LogP contribution is 2.37. The van der Waals surface area contributed by atoms with Crippen molar-refractivity contribution in [3.63, 3.8) is 0 Å². The minimum Gasteiger partial charge on any atom is -0.330 e. The number of nitrogens with two attached hydrogens (primary N) is 1. The molecule has 0 heterocycles. The molecule has 1 aliphatic carbocycles. The van der Waals surface area contributed by atoms with Gasteiger partial charge in [0.25, 0.3) is 0 Å². The van der Waals surface area contributed by atoms with Gasteiger partial charge >= 0.3 is 0 Å². The minimum absolute atomic E-state index is 0.248. The molecule has 1 aliphatic rings. The van der Waals surface area contributed by atoms with Gasteiger partial charge in [0.2, 0.25) is 0 Å². The molecule has 2 heteroatoms. The number of nitrogens with zero attached hydrogens (tertiary/aromatic N) is 1. The summed E-state index contributed by atoms with van der Waals surface area (Å²) in [6.07, 6.45) is 5.50. The standard InChI is InChI=1S/C15H32N2/c1-6-17(12-15(4,5)11-16)13-8-7-9-14(2,3)10-13/h13H,6-12,16H2,1-5H3. The van der Waals surface area contributed by atoms with Crippen LogP contribution in [-0.2, 0) is 0 Å². The van der Waals surface area contributed by atoms with Gasteiger partial charge in [-0.15, -0.1) is 0 Å². The summed E-state index contributed by atoms with van der Waals surface area (Å²) < 4.78 is 0. The first-order valence-corrected chi connectivity index (χ1v) is 7.24. The molecule has 0 saturated heterocycles. The van der Waals surface area contributed by atoms with Crippen LogP contribution in [0.25, 0.3) is 0 Å². The first-order chi connectivity index (χ1) is 7.79. The van der Waals surface area contributed by atoms with Crippen LogP contribution in [0.2, 0.25) is 0 Å². The van der Waals surface area contributed by atoms with Crippen molar-refractivity contribution in [3.8, 4) is 0 Å². The molecule has 2 nitrogen and oxygen atoms in total. The monoisotopic (exact) mass is 240 g/mol. The van der Waals surface area contributed by atoms with Gasteiger partial charge in [-0.2, -0.15) is 0 Å². The van der Waals surface area contributed by atoms with Crippen molar-refractivity contribution in [2.75, 3.05) is 19.6 Å². The van der Waals surface area contributed by atoms with E-state index in [1.54, 1.807) is 0 Å². The second-order valence-electron chi connectivity index (χ2n) is 7.35. The van der Waals surface area contributed by atoms with Gasteiger partial charge in [-0.3, -0.25) is 0 Å². The summed E-state index contributed by atoms with van der Waals surface area (Å²) >= 11 is 0. The highest BCUT2D eigenvalue weighted by atomic mass is 15.2. The van der Waals surface area contributed by atoms with Crippen LogP contribution in [0.4, 0.5) is 0 Å². The lowest BCUT2D eigenvalue weighted by Gasteiger charge is -2.43. The van der Waals surface area contributed by atoms with E-state index in [1.165, 1.54) is 25.7 Å². The van der Waals surface area contributed by atoms with Gasteiger partial charge in [-0.25, -0.2) is 0 Å². The molecule has 0 bridgehead atoms. The molecular formula is C15H32N2. The summed E-state index contributed by atoms with van der Waals surface area (Å²) in [6.45, 7) is 14.8. The maximum absolute atomic E-state index is 5.87. The Balaban J connectivity index is 2.61. The Bertz CT molecular complexity index is 233. The summed E-state index contributed by atoms with van der Waals surface area (Å²) in [6, 6.07) is 0.773. The molecule has 17 heavy (non-hydrogen) atoms. The summed E-state index contributed by atoms with van der Waals surface area (Å²) in [5.74, 6) is 0. The molecule has 0 aliphatic heterocycles. The van der Waals surface area contributed by atoms with E-state index in [0.29, 0.717) is 5.41 Å². The molecule has 2 N–H and O–H groups in total. The molecule has 0 amide bonds. The highest BCUT2D eigenvalue weighted by molar-refractivity contribution is 4.87. The van der Waals surface area contributed by atoms with E-state index in [2.05, 4.69) is 39.5 Å². The zero-order chi connectivity index (χ0) is 13.1. The van der Waals surface area contributed by atoms with Crippen molar-refractivity contribution < 1.29 is 0 Å². The van der Waals surface area contributed by atoms with E-state index < -0.39 is 0 Å². The van der Waals surface area contributed by atoms with Crippen molar-refractivity contribution in [3.05, 3.63) is 0 Å². The van der Waals surface area contributed by atoms with Gasteiger partial charge in [0.15, 0.2) is 0 Å². The lowest BCUT2D eigenvalue weighted by Crippen LogP contribution is -2.46. The minimum atomic E-state index is 0.248. The summed E-state index contributed by atoms with van der Waals surface area (Å²) in [4.78, 5) is 2.66. The Hall–Kier alpha value is -0.0800. The van der Waals surface area contributed by atoms with Gasteiger partial charge in [0.1, 0.15) is 0 Å². The molecular weight excluding hydrogens is 208 g/mol. The molecule has 0 radical (unpaired) electrons. The fourth-order valence-corrected chi connectivity index (χ4v) is 3.08. The van der Waals surface area contributed by atoms with Crippen molar-refractivity contribution >= 4 is 0 Å². The second kappa shape index (κ2) is 5.71. The molecule has 1 rings (SSSR count). The number of rotatable bonds is 5. The summed E-state index contributed by atoms with van der Waals surface area (Å²) in [7, 11) is 0. The lowest BCUT2D eigenvalue weighted by atomic mass is 9.74. The molecule has 1 saturated carbocycles. The summed E-state index contributed by atoms with van der Waals surface area (Å²) in [5, 5.41) is 0. The molecule has 1 atom stereocenters. The van der Waals surface area contributed by atoms with Crippen LogP contribution in [0.3, 0.4) is 0 Å². The fraction of sp³-hybridized carbons (Fsp3) is 1.00. The average molecular weight is 240 g/mol. The molecule has 102 valence electrons. The Morgan fingerprint density at radius 2 is 2.00 bits per heavy atom. The Labute approximate surface area is 108 Å². The van der Waals surface area contributed by atoms with Gasteiger partial charge in [0, 0.05) is 12.6 Å². The van der Waals surface area contributed by atoms with E-state index in [-0.39, 0.29) is 5.41 Å². The van der Waals surface area contributed by atoms with Crippen molar-refractivity contribution in [2.45, 2.75) is 66.3 Å². The van der Waals surface area contributed by atoms with Gasteiger partial charge in [0.05, 0.1) is 0 Å². The Morgan fingerprint density at radius 1 is 1.35 bits per heavy atom. The topological polar surface area (TPSA) is 29.3 Å². The molecule has 0 aromatic carbocycles. The van der Waals surface area contributed by atoms with E-state index in [9.17, 15) is 0 Å². The zero-order valence-corrected chi connectivity index (χ0v) is 12.6. The molecule has 0 aromatic heterocycles. The van der Waals surface area contributed by atoms with Crippen LogP contribution in [0.15, 0.2) is 0 Å². The van der Waals surface area contributed by atoms with Crippen molar-refractivity contribution in [2.24, 2.45) is 16.6 Å². The first-order valence-electron chi connectivity index (χ1n) is 7.24. The van der Waals surface area contributed by atoms with Crippen LogP contribution in [-0.4, -0.2) is 30.6 Å². The largest absolute Gasteiger partial charge is 0.330 e. The Kier molecular flexibility index (Phi) is 5.03. The van der Waals surface area contributed by atoms with E-state index in [0.717, 1.165) is 25.7 Å². The maximum Gasteiger partial charge on any atom is 0.0100 e. The summed E-state index contributed by atoms with van der Waals surface area (Å²) in [5.41, 5.74) is 6.64. The van der Waals surface area contributed by atoms with Crippen molar-refractivity contribution in [1.82, 2.24) is 4.90 Å². The number of hydrogen-bond acceptors (Lipinski definition) is 2. The van der Waals surface area contributed by atoms with Crippen LogP contribution in [0.5, 0.6) is 0 Å². The molecule has 1 unspecified atom stereocenters. The third kappa shape index (κ3) is 4.59. The second-order valence-corrected chi connectivity index (χ2v) is 7.35. The van der Waals surface area contributed by atoms with Crippen LogP contribution in [0.1, 0.15) is 60.3 Å². The van der Waals surface area contributed by atoms with Crippen molar-refractivity contribution in [1.29, 1.82) is 0 Å². The van der Waals surface area contributed by atoms with Crippen LogP contribution < -0.4 is 5.73 Å². The van der Waals surface area contributed by atoms with E-state index >= 15 is 0 Å².